The molecule has 5 N–H and O–H groups in total. The smallest absolute Gasteiger partial charge is 0.318 e. The first-order chi connectivity index (χ1) is 30.9. The number of aliphatic hydroxyl groups excluding tert-OH is 1. The quantitative estimate of drug-likeness (QED) is 0.190. The first-order valence-corrected chi connectivity index (χ1v) is 21.6. The van der Waals surface area contributed by atoms with Gasteiger partial charge in [-0.3, -0.25) is 14.4 Å². The predicted molar refractivity (Wildman–Crippen MR) is 234 cm³/mol. The molecule has 22 heteroatoms. The molecular formula is C45H60N10O12. The topological polar surface area (TPSA) is 305 Å². The number of hydrogen-bond donors (Lipinski definition) is 3. The molecule has 4 fully saturated rings. The minimum absolute atomic E-state index is 0.0689. The van der Waals surface area contributed by atoms with Crippen LogP contribution >= 0.6 is 0 Å². The number of nitrogens with two attached hydrogens (primary N) is 2. The maximum atomic E-state index is 12.3. The van der Waals surface area contributed by atoms with E-state index in [1.165, 1.54) is 21.7 Å². The largest absolute Gasteiger partial charge is 0.462 e. The summed E-state index contributed by atoms with van der Waals surface area (Å²) in [5.41, 5.74) is 8.89. The number of carbonyl (C=O) groups is 3. The van der Waals surface area contributed by atoms with E-state index in [1.54, 1.807) is 114 Å². The van der Waals surface area contributed by atoms with Gasteiger partial charge in [0.05, 0.1) is 34.2 Å². The number of nitrogens with zero attached hydrogens (tertiary/aromatic N) is 8. The molecule has 0 aromatic carbocycles. The molecule has 8 heterocycles. The molecule has 4 aromatic rings. The molecular weight excluding hydrogens is 873 g/mol. The Hall–Kier alpha value is -5.85. The van der Waals surface area contributed by atoms with Gasteiger partial charge in [-0.15, -0.1) is 0 Å². The van der Waals surface area contributed by atoms with Crippen LogP contribution in [0.25, 0.3) is 11.0 Å². The van der Waals surface area contributed by atoms with Crippen LogP contribution in [0.5, 0.6) is 0 Å². The summed E-state index contributed by atoms with van der Waals surface area (Å²) in [4.78, 5) is 42.7. The van der Waals surface area contributed by atoms with Crippen LogP contribution in [0.1, 0.15) is 101 Å². The van der Waals surface area contributed by atoms with Crippen LogP contribution < -0.4 is 11.5 Å². The van der Waals surface area contributed by atoms with Crippen LogP contribution in [0.2, 0.25) is 0 Å². The van der Waals surface area contributed by atoms with E-state index in [-0.39, 0.29) is 25.0 Å². The Labute approximate surface area is 387 Å². The number of esters is 3. The molecule has 0 saturated carbocycles. The monoisotopic (exact) mass is 932 g/mol. The number of rotatable bonds is 5. The highest BCUT2D eigenvalue weighted by atomic mass is 16.8. The van der Waals surface area contributed by atoms with Crippen molar-refractivity contribution in [3.8, 4) is 12.1 Å². The molecule has 22 nitrogen and oxygen atoms in total. The second-order valence-electron chi connectivity index (χ2n) is 20.6. The van der Waals surface area contributed by atoms with E-state index in [0.717, 1.165) is 0 Å². The van der Waals surface area contributed by atoms with Crippen molar-refractivity contribution in [2.24, 2.45) is 16.2 Å². The van der Waals surface area contributed by atoms with Gasteiger partial charge >= 0.3 is 17.9 Å². The average molecular weight is 933 g/mol. The molecule has 0 radical (unpaired) electrons. The minimum atomic E-state index is -1.54. The number of aliphatic hydroxyl groups is 1. The Balaban J connectivity index is 0.000000179. The Bertz CT molecular complexity index is 2590. The fourth-order valence-corrected chi connectivity index (χ4v) is 7.71. The number of aromatic nitrogens is 6. The number of ether oxygens (including phenoxy) is 8. The third-order valence-electron chi connectivity index (χ3n) is 11.1. The lowest BCUT2D eigenvalue weighted by Gasteiger charge is -2.29. The summed E-state index contributed by atoms with van der Waals surface area (Å²) in [7, 11) is 0. The summed E-state index contributed by atoms with van der Waals surface area (Å²) >= 11 is 0. The van der Waals surface area contributed by atoms with Gasteiger partial charge in [-0.25, -0.2) is 19.0 Å². The molecule has 0 spiro atoms. The number of nitrogen functional groups attached to an aromatic ring is 2. The van der Waals surface area contributed by atoms with Crippen LogP contribution in [0.15, 0.2) is 36.9 Å². The Morgan fingerprint density at radius 1 is 0.657 bits per heavy atom. The van der Waals surface area contributed by atoms with E-state index >= 15 is 0 Å². The van der Waals surface area contributed by atoms with Gasteiger partial charge in [-0.1, -0.05) is 0 Å². The molecule has 4 saturated heterocycles. The fraction of sp³-hybridized carbons (Fsp3) is 0.622. The van der Waals surface area contributed by atoms with Gasteiger partial charge in [0, 0.05) is 0 Å². The van der Waals surface area contributed by atoms with E-state index in [0.29, 0.717) is 28.2 Å². The van der Waals surface area contributed by atoms with Crippen LogP contribution in [0.3, 0.4) is 0 Å². The summed E-state index contributed by atoms with van der Waals surface area (Å²) in [5, 5.41) is 38.3. The van der Waals surface area contributed by atoms with Crippen molar-refractivity contribution in [1.82, 2.24) is 29.2 Å². The lowest BCUT2D eigenvalue weighted by Crippen LogP contribution is -2.40. The molecule has 4 aliphatic rings. The highest BCUT2D eigenvalue weighted by molar-refractivity contribution is 5.90. The van der Waals surface area contributed by atoms with Gasteiger partial charge in [0.2, 0.25) is 11.2 Å². The molecule has 67 heavy (non-hydrogen) atoms. The predicted octanol–water partition coefficient (Wildman–Crippen LogP) is 3.63. The number of anilines is 2. The van der Waals surface area contributed by atoms with E-state index in [2.05, 4.69) is 32.3 Å². The maximum absolute atomic E-state index is 12.3. The van der Waals surface area contributed by atoms with Crippen LogP contribution in [0.4, 0.5) is 11.6 Å². The van der Waals surface area contributed by atoms with E-state index in [9.17, 15) is 30.0 Å². The summed E-state index contributed by atoms with van der Waals surface area (Å²) in [6.07, 6.45) is -1.40. The summed E-state index contributed by atoms with van der Waals surface area (Å²) < 4.78 is 49.2. The third-order valence-corrected chi connectivity index (χ3v) is 11.1. The van der Waals surface area contributed by atoms with Gasteiger partial charge in [0.15, 0.2) is 23.2 Å². The maximum Gasteiger partial charge on any atom is 0.318 e. The molecule has 4 aromatic heterocycles. The van der Waals surface area contributed by atoms with Crippen molar-refractivity contribution < 1.29 is 57.4 Å². The lowest BCUT2D eigenvalue weighted by atomic mass is 9.92. The zero-order chi connectivity index (χ0) is 49.9. The van der Waals surface area contributed by atoms with Crippen molar-refractivity contribution in [3.63, 3.8) is 0 Å². The highest BCUT2D eigenvalue weighted by Gasteiger charge is 2.67. The lowest BCUT2D eigenvalue weighted by molar-refractivity contribution is -0.207. The van der Waals surface area contributed by atoms with E-state index < -0.39 is 87.6 Å². The Kier molecular flexibility index (Phi) is 13.3. The number of fused-ring (bicyclic) bond motifs is 4. The second-order valence-corrected chi connectivity index (χ2v) is 20.6. The summed E-state index contributed by atoms with van der Waals surface area (Å²) in [5.74, 6) is -2.58. The van der Waals surface area contributed by atoms with Gasteiger partial charge in [-0.2, -0.15) is 20.7 Å². The fourth-order valence-electron chi connectivity index (χ4n) is 7.71. The van der Waals surface area contributed by atoms with Crippen molar-refractivity contribution in [2.45, 2.75) is 149 Å². The minimum Gasteiger partial charge on any atom is -0.462 e. The molecule has 8 rings (SSSR count). The van der Waals surface area contributed by atoms with Crippen molar-refractivity contribution in [1.29, 1.82) is 10.5 Å². The molecule has 0 amide bonds. The molecule has 8 atom stereocenters. The summed E-state index contributed by atoms with van der Waals surface area (Å²) in [6, 6.07) is 11.3. The van der Waals surface area contributed by atoms with Crippen molar-refractivity contribution in [3.05, 3.63) is 48.3 Å². The number of nitriles is 2. The average Bonchev–Trinajstić information content (AvgIpc) is 4.08. The van der Waals surface area contributed by atoms with Gasteiger partial charge in [-0.05, 0) is 114 Å². The molecule has 0 bridgehead atoms. The zero-order valence-electron chi connectivity index (χ0n) is 40.0. The van der Waals surface area contributed by atoms with E-state index in [1.807, 2.05) is 0 Å². The van der Waals surface area contributed by atoms with E-state index in [4.69, 9.17) is 49.4 Å². The summed E-state index contributed by atoms with van der Waals surface area (Å²) in [6.45, 7) is 22.3. The standard InChI is InChI=1S/C20H25N5O5.C15H17N5O4.C10H18O3/c1-18(2,3)17(26)27-8-12-14-15(30-19(4,5)29-14)20(9-21,28-12)13-7-6-11-16(22)23-10-24-25(11)13;1-14(2)23-11-9(5-21)22-15(6-16,12(11)24-14)10-4-3-8-13(17)18-7-19-20(8)10;1-9(2,3)7(11)13-8(12)10(4,5)6/h6-7,10,12,14-15H,8H2,1-5H3,(H2,22,23,24);3-4,7,9,11-12,21H,5H2,1-2H3,(H2,17,18,19);1-6H3/t12-,14-,15-,20+;9-,11-,12-,15+;/m11./s1. The van der Waals surface area contributed by atoms with Gasteiger partial charge in [0.25, 0.3) is 0 Å². The van der Waals surface area contributed by atoms with Gasteiger partial charge in [0.1, 0.15) is 79.1 Å². The number of hydrogen-bond acceptors (Lipinski definition) is 20. The van der Waals surface area contributed by atoms with Crippen molar-refractivity contribution in [2.75, 3.05) is 24.7 Å². The second kappa shape index (κ2) is 17.7. The Morgan fingerprint density at radius 2 is 1.04 bits per heavy atom. The number of carbonyl (C=O) groups excluding carboxylic acids is 3. The molecule has 4 aliphatic heterocycles. The first-order valence-electron chi connectivity index (χ1n) is 21.6. The zero-order valence-corrected chi connectivity index (χ0v) is 40.0. The molecule has 362 valence electrons. The van der Waals surface area contributed by atoms with Gasteiger partial charge < -0.3 is 54.5 Å². The molecule has 0 unspecified atom stereocenters. The van der Waals surface area contributed by atoms with Crippen molar-refractivity contribution >= 4 is 40.6 Å². The third kappa shape index (κ3) is 9.65. The first kappa shape index (κ1) is 50.6. The SMILES string of the molecule is CC(C)(C)C(=O)OC(=O)C(C)(C)C.CC1(C)O[C@H]2[C@@H](O1)[C@](C#N)(c1ccc3c(N)ncnn13)O[C@@H]2CO.CC1(C)O[C@H]2[C@@H](O1)[C@](C#N)(c1ccc3c(N)ncnn13)O[C@@H]2COC(=O)C(C)(C)C. The highest BCUT2D eigenvalue weighted by Crippen LogP contribution is 2.51. The normalized spacial score (nSPS) is 28.2. The van der Waals surface area contributed by atoms with Crippen LogP contribution in [-0.4, -0.2) is 114 Å². The Morgan fingerprint density at radius 3 is 1.42 bits per heavy atom. The van der Waals surface area contributed by atoms with Crippen LogP contribution in [0, 0.1) is 38.9 Å². The molecule has 0 aliphatic carbocycles. The van der Waals surface area contributed by atoms with Crippen LogP contribution in [-0.2, 0) is 63.5 Å².